The molecule has 5 nitrogen and oxygen atoms in total. The van der Waals surface area contributed by atoms with Crippen LogP contribution in [0, 0.1) is 0 Å². The van der Waals surface area contributed by atoms with Gasteiger partial charge >= 0.3 is 0 Å². The highest BCUT2D eigenvalue weighted by Crippen LogP contribution is 2.32. The summed E-state index contributed by atoms with van der Waals surface area (Å²) in [6, 6.07) is 6.76. The van der Waals surface area contributed by atoms with E-state index in [1.165, 1.54) is 11.8 Å². The molecule has 0 saturated carbocycles. The third-order valence-electron chi connectivity index (χ3n) is 3.68. The molecule has 1 aliphatic heterocycles. The zero-order valence-corrected chi connectivity index (χ0v) is 11.8. The van der Waals surface area contributed by atoms with Crippen LogP contribution in [0.3, 0.4) is 0 Å². The van der Waals surface area contributed by atoms with Crippen molar-refractivity contribution in [2.75, 3.05) is 11.5 Å². The van der Waals surface area contributed by atoms with Crippen LogP contribution in [-0.4, -0.2) is 35.6 Å². The van der Waals surface area contributed by atoms with Crippen molar-refractivity contribution in [3.8, 4) is 0 Å². The molecule has 1 aromatic rings. The van der Waals surface area contributed by atoms with Crippen LogP contribution in [0.2, 0.25) is 0 Å². The Bertz CT molecular complexity index is 512. The smallest absolute Gasteiger partial charge is 0.243 e. The monoisotopic (exact) mass is 276 g/mol. The van der Waals surface area contributed by atoms with Crippen molar-refractivity contribution >= 4 is 17.5 Å². The van der Waals surface area contributed by atoms with Gasteiger partial charge in [0, 0.05) is 19.0 Å². The second-order valence-electron chi connectivity index (χ2n) is 5.03. The van der Waals surface area contributed by atoms with Gasteiger partial charge in [-0.05, 0) is 18.1 Å². The number of rotatable bonds is 4. The Morgan fingerprint density at radius 1 is 1.45 bits per heavy atom. The quantitative estimate of drug-likeness (QED) is 0.856. The van der Waals surface area contributed by atoms with E-state index in [0.717, 1.165) is 11.3 Å². The first-order valence-electron chi connectivity index (χ1n) is 6.87. The number of fused-ring (bicyclic) bond motifs is 1. The molecule has 2 N–H and O–H groups in total. The van der Waals surface area contributed by atoms with Gasteiger partial charge in [-0.25, -0.2) is 0 Å². The first-order chi connectivity index (χ1) is 9.58. The predicted molar refractivity (Wildman–Crippen MR) is 76.4 cm³/mol. The summed E-state index contributed by atoms with van der Waals surface area (Å²) < 4.78 is 0. The summed E-state index contributed by atoms with van der Waals surface area (Å²) in [4.78, 5) is 25.7. The Morgan fingerprint density at radius 2 is 2.15 bits per heavy atom. The van der Waals surface area contributed by atoms with Crippen LogP contribution in [0.25, 0.3) is 0 Å². The van der Waals surface area contributed by atoms with Crippen molar-refractivity contribution in [2.45, 2.75) is 38.8 Å². The maximum atomic E-state index is 12.3. The molecule has 0 fully saturated rings. The molecule has 1 aromatic carbocycles. The van der Waals surface area contributed by atoms with Crippen LogP contribution in [0.15, 0.2) is 24.3 Å². The summed E-state index contributed by atoms with van der Waals surface area (Å²) in [5.41, 5.74) is 1.80. The first-order valence-corrected chi connectivity index (χ1v) is 6.87. The second kappa shape index (κ2) is 6.05. The lowest BCUT2D eigenvalue weighted by atomic mass is 10.1. The maximum Gasteiger partial charge on any atom is 0.243 e. The molecule has 0 radical (unpaired) electrons. The van der Waals surface area contributed by atoms with Crippen LogP contribution >= 0.6 is 0 Å². The standard InChI is InChI=1S/C15H20N2O3/c1-3-12(9-18)16-15(20)14-8-11-6-4-5-7-13(11)17(14)10(2)19/h4-7,12,14,18H,3,8-9H2,1-2H3,(H,16,20)/t12?,14-/m0/s1. The molecule has 1 unspecified atom stereocenters. The summed E-state index contributed by atoms with van der Waals surface area (Å²) in [5, 5.41) is 12.0. The highest BCUT2D eigenvalue weighted by Gasteiger charge is 2.37. The number of aliphatic hydroxyl groups excluding tert-OH is 1. The Balaban J connectivity index is 2.21. The van der Waals surface area contributed by atoms with E-state index in [0.29, 0.717) is 12.8 Å². The van der Waals surface area contributed by atoms with Crippen LogP contribution < -0.4 is 10.2 Å². The largest absolute Gasteiger partial charge is 0.394 e. The number of amides is 2. The number of carbonyl (C=O) groups excluding carboxylic acids is 2. The van der Waals surface area contributed by atoms with E-state index >= 15 is 0 Å². The number of benzene rings is 1. The fourth-order valence-electron chi connectivity index (χ4n) is 2.56. The van der Waals surface area contributed by atoms with E-state index in [4.69, 9.17) is 0 Å². The van der Waals surface area contributed by atoms with Gasteiger partial charge in [0.1, 0.15) is 6.04 Å². The Kier molecular flexibility index (Phi) is 4.39. The third-order valence-corrected chi connectivity index (χ3v) is 3.68. The third kappa shape index (κ3) is 2.67. The summed E-state index contributed by atoms with van der Waals surface area (Å²) >= 11 is 0. The minimum absolute atomic E-state index is 0.0953. The lowest BCUT2D eigenvalue weighted by Gasteiger charge is -2.25. The minimum Gasteiger partial charge on any atom is -0.394 e. The number of aliphatic hydroxyl groups is 1. The van der Waals surface area contributed by atoms with E-state index in [1.54, 1.807) is 0 Å². The lowest BCUT2D eigenvalue weighted by molar-refractivity contribution is -0.126. The SMILES string of the molecule is CCC(CO)NC(=O)[C@@H]1Cc2ccccc2N1C(C)=O. The van der Waals surface area contributed by atoms with Gasteiger partial charge in [-0.2, -0.15) is 0 Å². The van der Waals surface area contributed by atoms with Gasteiger partial charge in [0.05, 0.1) is 12.6 Å². The van der Waals surface area contributed by atoms with Crippen molar-refractivity contribution in [2.24, 2.45) is 0 Å². The van der Waals surface area contributed by atoms with Crippen molar-refractivity contribution < 1.29 is 14.7 Å². The summed E-state index contributed by atoms with van der Waals surface area (Å²) in [7, 11) is 0. The minimum atomic E-state index is -0.523. The molecule has 0 aromatic heterocycles. The number of para-hydroxylation sites is 1. The van der Waals surface area contributed by atoms with E-state index in [2.05, 4.69) is 5.32 Å². The predicted octanol–water partition coefficient (Wildman–Crippen LogP) is 0.851. The number of hydrogen-bond acceptors (Lipinski definition) is 3. The normalized spacial score (nSPS) is 18.6. The molecule has 20 heavy (non-hydrogen) atoms. The highest BCUT2D eigenvalue weighted by atomic mass is 16.3. The Morgan fingerprint density at radius 3 is 2.75 bits per heavy atom. The van der Waals surface area contributed by atoms with Gasteiger partial charge in [0.2, 0.25) is 11.8 Å². The molecule has 0 saturated heterocycles. The summed E-state index contributed by atoms with van der Waals surface area (Å²) in [6.07, 6.45) is 1.17. The summed E-state index contributed by atoms with van der Waals surface area (Å²) in [5.74, 6) is -0.357. The molecule has 2 amide bonds. The Hall–Kier alpha value is -1.88. The first kappa shape index (κ1) is 14.5. The molecule has 0 aliphatic carbocycles. The zero-order chi connectivity index (χ0) is 14.7. The van der Waals surface area contributed by atoms with Crippen LogP contribution in [0.1, 0.15) is 25.8 Å². The summed E-state index contributed by atoms with van der Waals surface area (Å²) in [6.45, 7) is 3.26. The number of hydrogen-bond donors (Lipinski definition) is 2. The lowest BCUT2D eigenvalue weighted by Crippen LogP contribution is -2.50. The fourth-order valence-corrected chi connectivity index (χ4v) is 2.56. The molecule has 1 aliphatic rings. The molecule has 2 atom stereocenters. The topological polar surface area (TPSA) is 69.6 Å². The average molecular weight is 276 g/mol. The van der Waals surface area contributed by atoms with Crippen molar-refractivity contribution in [1.82, 2.24) is 5.32 Å². The van der Waals surface area contributed by atoms with Gasteiger partial charge in [-0.1, -0.05) is 25.1 Å². The van der Waals surface area contributed by atoms with Crippen LogP contribution in [0.4, 0.5) is 5.69 Å². The molecule has 2 rings (SSSR count). The van der Waals surface area contributed by atoms with Crippen molar-refractivity contribution in [1.29, 1.82) is 0 Å². The number of anilines is 1. The fraction of sp³-hybridized carbons (Fsp3) is 0.467. The Labute approximate surface area is 118 Å². The van der Waals surface area contributed by atoms with Gasteiger partial charge < -0.3 is 10.4 Å². The molecule has 0 bridgehead atoms. The second-order valence-corrected chi connectivity index (χ2v) is 5.03. The molecule has 0 spiro atoms. The molecule has 5 heteroatoms. The molecule has 108 valence electrons. The highest BCUT2D eigenvalue weighted by molar-refractivity contribution is 6.02. The molecular formula is C15H20N2O3. The van der Waals surface area contributed by atoms with Gasteiger partial charge in [-0.15, -0.1) is 0 Å². The van der Waals surface area contributed by atoms with E-state index in [1.807, 2.05) is 31.2 Å². The van der Waals surface area contributed by atoms with Crippen molar-refractivity contribution in [3.63, 3.8) is 0 Å². The number of carbonyl (C=O) groups is 2. The van der Waals surface area contributed by atoms with Crippen LogP contribution in [-0.2, 0) is 16.0 Å². The maximum absolute atomic E-state index is 12.3. The zero-order valence-electron chi connectivity index (χ0n) is 11.8. The number of nitrogens with zero attached hydrogens (tertiary/aromatic N) is 1. The van der Waals surface area contributed by atoms with Gasteiger partial charge in [-0.3, -0.25) is 14.5 Å². The molecule has 1 heterocycles. The van der Waals surface area contributed by atoms with E-state index in [9.17, 15) is 14.7 Å². The number of nitrogens with one attached hydrogen (secondary N) is 1. The average Bonchev–Trinajstić information content (AvgIpc) is 2.84. The van der Waals surface area contributed by atoms with E-state index < -0.39 is 6.04 Å². The van der Waals surface area contributed by atoms with Gasteiger partial charge in [0.15, 0.2) is 0 Å². The van der Waals surface area contributed by atoms with E-state index in [-0.39, 0.29) is 24.5 Å². The van der Waals surface area contributed by atoms with Gasteiger partial charge in [0.25, 0.3) is 0 Å². The van der Waals surface area contributed by atoms with Crippen molar-refractivity contribution in [3.05, 3.63) is 29.8 Å². The molecular weight excluding hydrogens is 256 g/mol. The van der Waals surface area contributed by atoms with Crippen LogP contribution in [0.5, 0.6) is 0 Å².